The first kappa shape index (κ1) is 22.2. The van der Waals surface area contributed by atoms with Crippen molar-refractivity contribution in [3.63, 3.8) is 0 Å². The fraction of sp³-hybridized carbons (Fsp3) is 0.160. The topological polar surface area (TPSA) is 74.0 Å². The van der Waals surface area contributed by atoms with Crippen LogP contribution in [0.3, 0.4) is 0 Å². The van der Waals surface area contributed by atoms with Gasteiger partial charge in [0.05, 0.1) is 35.7 Å². The molecule has 0 spiro atoms. The molecule has 0 fully saturated rings. The molecule has 0 aliphatic rings. The van der Waals surface area contributed by atoms with Gasteiger partial charge in [0.1, 0.15) is 17.2 Å². The molecule has 172 valence electrons. The number of thiophene rings is 1. The lowest BCUT2D eigenvalue weighted by atomic mass is 10.2. The molecular formula is C25H22ClN5O2S. The summed E-state index contributed by atoms with van der Waals surface area (Å²) in [6, 6.07) is 17.0. The maximum atomic E-state index is 13.1. The zero-order valence-corrected chi connectivity index (χ0v) is 20.0. The predicted molar refractivity (Wildman–Crippen MR) is 135 cm³/mol. The molecule has 0 saturated heterocycles. The van der Waals surface area contributed by atoms with E-state index in [0.29, 0.717) is 41.0 Å². The first-order valence-electron chi connectivity index (χ1n) is 10.8. The second-order valence-corrected chi connectivity index (χ2v) is 9.27. The molecule has 0 radical (unpaired) electrons. The van der Waals surface area contributed by atoms with Gasteiger partial charge in [0, 0.05) is 22.8 Å². The standard InChI is InChI=1S/C25H22ClN5O2S/c1-17-20-14-23(34-25(20)31(29-17)15-18-6-8-19(26)9-7-18)24(32)28-21-4-2-3-5-22(21)33-13-12-30-11-10-27-16-30/h2-11,14,16H,12-13,15H2,1H3,(H,28,32). The SMILES string of the molecule is Cc1nn(Cc2ccc(Cl)cc2)c2sc(C(=O)Nc3ccccc3OCCn3ccnc3)cc12. The molecule has 7 nitrogen and oxygen atoms in total. The van der Waals surface area contributed by atoms with Crippen LogP contribution < -0.4 is 10.1 Å². The molecule has 0 atom stereocenters. The van der Waals surface area contributed by atoms with Gasteiger partial charge in [-0.3, -0.25) is 9.48 Å². The van der Waals surface area contributed by atoms with Gasteiger partial charge in [0.2, 0.25) is 0 Å². The number of nitrogens with one attached hydrogen (secondary N) is 1. The van der Waals surface area contributed by atoms with E-state index in [2.05, 4.69) is 15.4 Å². The molecule has 3 aromatic heterocycles. The van der Waals surface area contributed by atoms with Crippen LogP contribution in [-0.4, -0.2) is 31.8 Å². The van der Waals surface area contributed by atoms with Gasteiger partial charge in [0.15, 0.2) is 0 Å². The zero-order chi connectivity index (χ0) is 23.5. The maximum Gasteiger partial charge on any atom is 0.265 e. The van der Waals surface area contributed by atoms with Crippen LogP contribution in [0.4, 0.5) is 5.69 Å². The first-order chi connectivity index (χ1) is 16.6. The predicted octanol–water partition coefficient (Wildman–Crippen LogP) is 5.64. The van der Waals surface area contributed by atoms with Gasteiger partial charge >= 0.3 is 0 Å². The smallest absolute Gasteiger partial charge is 0.265 e. The highest BCUT2D eigenvalue weighted by atomic mass is 35.5. The maximum absolute atomic E-state index is 13.1. The Bertz CT molecular complexity index is 1420. The van der Waals surface area contributed by atoms with Crippen molar-refractivity contribution >= 4 is 44.7 Å². The monoisotopic (exact) mass is 491 g/mol. The average Bonchev–Trinajstić information content (AvgIpc) is 3.56. The van der Waals surface area contributed by atoms with Crippen LogP contribution >= 0.6 is 22.9 Å². The lowest BCUT2D eigenvalue weighted by Crippen LogP contribution is -2.13. The van der Waals surface area contributed by atoms with Crippen LogP contribution in [0.25, 0.3) is 10.2 Å². The summed E-state index contributed by atoms with van der Waals surface area (Å²) < 4.78 is 9.79. The van der Waals surface area contributed by atoms with E-state index in [9.17, 15) is 4.79 Å². The Balaban J connectivity index is 1.32. The van der Waals surface area contributed by atoms with E-state index in [1.54, 1.807) is 12.5 Å². The van der Waals surface area contributed by atoms with Gasteiger partial charge in [0.25, 0.3) is 5.91 Å². The minimum atomic E-state index is -0.177. The summed E-state index contributed by atoms with van der Waals surface area (Å²) >= 11 is 7.43. The van der Waals surface area contributed by atoms with Crippen molar-refractivity contribution in [2.24, 2.45) is 0 Å². The Hall–Kier alpha value is -3.62. The summed E-state index contributed by atoms with van der Waals surface area (Å²) in [5.74, 6) is 0.450. The molecule has 9 heteroatoms. The number of amides is 1. The van der Waals surface area contributed by atoms with Crippen LogP contribution in [0.2, 0.25) is 5.02 Å². The van der Waals surface area contributed by atoms with Crippen LogP contribution in [0.5, 0.6) is 5.75 Å². The van der Waals surface area contributed by atoms with Gasteiger partial charge in [-0.2, -0.15) is 5.10 Å². The number of imidazole rings is 1. The second kappa shape index (κ2) is 9.70. The molecule has 5 rings (SSSR count). The quantitative estimate of drug-likeness (QED) is 0.305. The Morgan fingerprint density at radius 3 is 2.79 bits per heavy atom. The number of fused-ring (bicyclic) bond motifs is 1. The molecule has 1 N–H and O–H groups in total. The number of nitrogens with zero attached hydrogens (tertiary/aromatic N) is 4. The van der Waals surface area contributed by atoms with E-state index >= 15 is 0 Å². The zero-order valence-electron chi connectivity index (χ0n) is 18.4. The number of rotatable bonds is 8. The summed E-state index contributed by atoms with van der Waals surface area (Å²) in [5, 5.41) is 9.34. The van der Waals surface area contributed by atoms with Gasteiger partial charge in [-0.1, -0.05) is 35.9 Å². The molecule has 0 aliphatic carbocycles. The number of benzene rings is 2. The van der Waals surface area contributed by atoms with Crippen molar-refractivity contribution in [1.82, 2.24) is 19.3 Å². The van der Waals surface area contributed by atoms with Gasteiger partial charge in [-0.05, 0) is 42.8 Å². The fourth-order valence-corrected chi connectivity index (χ4v) is 4.84. The normalized spacial score (nSPS) is 11.1. The number of carbonyl (C=O) groups is 1. The number of carbonyl (C=O) groups excluding carboxylic acids is 1. The first-order valence-corrected chi connectivity index (χ1v) is 12.0. The number of hydrogen-bond acceptors (Lipinski definition) is 5. The van der Waals surface area contributed by atoms with E-state index in [0.717, 1.165) is 21.5 Å². The van der Waals surface area contributed by atoms with Crippen molar-refractivity contribution in [2.45, 2.75) is 20.0 Å². The number of ether oxygens (including phenoxy) is 1. The number of halogens is 1. The molecule has 0 bridgehead atoms. The number of hydrogen-bond donors (Lipinski definition) is 1. The number of aryl methyl sites for hydroxylation is 1. The van der Waals surface area contributed by atoms with Crippen LogP contribution in [0, 0.1) is 6.92 Å². The third-order valence-corrected chi connectivity index (χ3v) is 6.78. The van der Waals surface area contributed by atoms with E-state index in [-0.39, 0.29) is 5.91 Å². The van der Waals surface area contributed by atoms with Crippen LogP contribution in [0.1, 0.15) is 20.9 Å². The van der Waals surface area contributed by atoms with E-state index in [1.165, 1.54) is 11.3 Å². The van der Waals surface area contributed by atoms with Crippen LogP contribution in [-0.2, 0) is 13.1 Å². The third kappa shape index (κ3) is 4.83. The lowest BCUT2D eigenvalue weighted by Gasteiger charge is -2.12. The van der Waals surface area contributed by atoms with Gasteiger partial charge in [-0.15, -0.1) is 11.3 Å². The highest BCUT2D eigenvalue weighted by molar-refractivity contribution is 7.20. The van der Waals surface area contributed by atoms with Crippen molar-refractivity contribution in [3.05, 3.63) is 94.5 Å². The van der Waals surface area contributed by atoms with E-state index in [4.69, 9.17) is 16.3 Å². The minimum absolute atomic E-state index is 0.177. The summed E-state index contributed by atoms with van der Waals surface area (Å²) in [4.78, 5) is 18.7. The fourth-order valence-electron chi connectivity index (χ4n) is 3.65. The molecule has 0 saturated carbocycles. The summed E-state index contributed by atoms with van der Waals surface area (Å²) in [6.45, 7) is 3.70. The number of para-hydroxylation sites is 2. The Labute approximate surface area is 205 Å². The molecule has 3 heterocycles. The van der Waals surface area contributed by atoms with Crippen molar-refractivity contribution in [1.29, 1.82) is 0 Å². The molecule has 0 unspecified atom stereocenters. The van der Waals surface area contributed by atoms with E-state index in [1.807, 2.05) is 77.0 Å². The molecule has 0 aliphatic heterocycles. The molecule has 34 heavy (non-hydrogen) atoms. The molecule has 1 amide bonds. The van der Waals surface area contributed by atoms with Crippen molar-refractivity contribution < 1.29 is 9.53 Å². The summed E-state index contributed by atoms with van der Waals surface area (Å²) in [7, 11) is 0. The summed E-state index contributed by atoms with van der Waals surface area (Å²) in [6.07, 6.45) is 5.36. The molecule has 2 aromatic carbocycles. The third-order valence-electron chi connectivity index (χ3n) is 5.38. The van der Waals surface area contributed by atoms with E-state index < -0.39 is 0 Å². The van der Waals surface area contributed by atoms with Gasteiger partial charge < -0.3 is 14.6 Å². The highest BCUT2D eigenvalue weighted by Gasteiger charge is 2.18. The average molecular weight is 492 g/mol. The lowest BCUT2D eigenvalue weighted by molar-refractivity contribution is 0.103. The van der Waals surface area contributed by atoms with Crippen molar-refractivity contribution in [3.8, 4) is 5.75 Å². The largest absolute Gasteiger partial charge is 0.490 e. The second-order valence-electron chi connectivity index (χ2n) is 7.80. The number of aromatic nitrogens is 4. The Kier molecular flexibility index (Phi) is 6.33. The van der Waals surface area contributed by atoms with Gasteiger partial charge in [-0.25, -0.2) is 4.98 Å². The Morgan fingerprint density at radius 2 is 2.00 bits per heavy atom. The summed E-state index contributed by atoms with van der Waals surface area (Å²) in [5.41, 5.74) is 2.62. The Morgan fingerprint density at radius 1 is 1.18 bits per heavy atom. The van der Waals surface area contributed by atoms with Crippen LogP contribution in [0.15, 0.2) is 73.3 Å². The molecular weight excluding hydrogens is 470 g/mol. The minimum Gasteiger partial charge on any atom is -0.490 e. The molecule has 5 aromatic rings. The highest BCUT2D eigenvalue weighted by Crippen LogP contribution is 2.31. The van der Waals surface area contributed by atoms with Crippen molar-refractivity contribution in [2.75, 3.05) is 11.9 Å². The number of anilines is 1.